The van der Waals surface area contributed by atoms with Crippen molar-refractivity contribution in [3.05, 3.63) is 28.2 Å². The van der Waals surface area contributed by atoms with Crippen LogP contribution in [0.25, 0.3) is 0 Å². The monoisotopic (exact) mass is 260 g/mol. The summed E-state index contributed by atoms with van der Waals surface area (Å²) in [6.07, 6.45) is 1.04. The summed E-state index contributed by atoms with van der Waals surface area (Å²) in [5, 5.41) is 3.67. The van der Waals surface area contributed by atoms with Gasteiger partial charge in [-0.2, -0.15) is 0 Å². The van der Waals surface area contributed by atoms with E-state index in [4.69, 9.17) is 28.9 Å². The van der Waals surface area contributed by atoms with Gasteiger partial charge >= 0.3 is 0 Å². The molecule has 0 saturated heterocycles. The lowest BCUT2D eigenvalue weighted by Gasteiger charge is -2.10. The Bertz CT molecular complexity index is 382. The summed E-state index contributed by atoms with van der Waals surface area (Å²) >= 11 is 11.7. The summed E-state index contributed by atoms with van der Waals surface area (Å²) in [4.78, 5) is 11.6. The first-order valence-electron chi connectivity index (χ1n) is 5.03. The minimum Gasteiger partial charge on any atom is -0.327 e. The number of halogens is 2. The van der Waals surface area contributed by atoms with Crippen LogP contribution < -0.4 is 11.1 Å². The van der Waals surface area contributed by atoms with Crippen molar-refractivity contribution in [1.82, 2.24) is 0 Å². The molecule has 16 heavy (non-hydrogen) atoms. The molecule has 1 aromatic carbocycles. The summed E-state index contributed by atoms with van der Waals surface area (Å²) in [6.45, 7) is 1.93. The lowest BCUT2D eigenvalue weighted by molar-refractivity contribution is -0.116. The third kappa shape index (κ3) is 4.00. The van der Waals surface area contributed by atoms with Gasteiger partial charge in [0.1, 0.15) is 0 Å². The van der Waals surface area contributed by atoms with Gasteiger partial charge in [0.15, 0.2) is 0 Å². The van der Waals surface area contributed by atoms with E-state index in [-0.39, 0.29) is 18.4 Å². The molecule has 1 unspecified atom stereocenters. The molecule has 3 nitrogen and oxygen atoms in total. The molecule has 0 saturated carbocycles. The Hall–Kier alpha value is -0.770. The van der Waals surface area contributed by atoms with Gasteiger partial charge in [-0.1, -0.05) is 30.1 Å². The first-order chi connectivity index (χ1) is 7.52. The molecule has 1 rings (SSSR count). The fourth-order valence-corrected chi connectivity index (χ4v) is 1.51. The van der Waals surface area contributed by atoms with E-state index in [9.17, 15) is 4.79 Å². The van der Waals surface area contributed by atoms with E-state index in [0.717, 1.165) is 6.42 Å². The first kappa shape index (κ1) is 13.3. The number of carbonyl (C=O) groups excluding carboxylic acids is 1. The van der Waals surface area contributed by atoms with Gasteiger partial charge in [-0.3, -0.25) is 4.79 Å². The minimum absolute atomic E-state index is 0.127. The third-order valence-electron chi connectivity index (χ3n) is 2.17. The van der Waals surface area contributed by atoms with Gasteiger partial charge in [0, 0.05) is 17.5 Å². The quantitative estimate of drug-likeness (QED) is 0.875. The van der Waals surface area contributed by atoms with Gasteiger partial charge < -0.3 is 11.1 Å². The average Bonchev–Trinajstić information content (AvgIpc) is 2.23. The van der Waals surface area contributed by atoms with Crippen molar-refractivity contribution in [2.75, 3.05) is 5.32 Å². The topological polar surface area (TPSA) is 55.1 Å². The summed E-state index contributed by atoms with van der Waals surface area (Å²) in [6, 6.07) is 4.79. The van der Waals surface area contributed by atoms with Crippen LogP contribution in [0.1, 0.15) is 19.8 Å². The van der Waals surface area contributed by atoms with Gasteiger partial charge in [0.05, 0.1) is 10.7 Å². The minimum atomic E-state index is -0.154. The van der Waals surface area contributed by atoms with Crippen LogP contribution in [0, 0.1) is 0 Å². The van der Waals surface area contributed by atoms with Gasteiger partial charge in [-0.15, -0.1) is 0 Å². The highest BCUT2D eigenvalue weighted by Crippen LogP contribution is 2.25. The fourth-order valence-electron chi connectivity index (χ4n) is 1.18. The van der Waals surface area contributed by atoms with Crippen LogP contribution in [0.5, 0.6) is 0 Å². The highest BCUT2D eigenvalue weighted by atomic mass is 35.5. The van der Waals surface area contributed by atoms with Crippen molar-refractivity contribution in [1.29, 1.82) is 0 Å². The van der Waals surface area contributed by atoms with Crippen LogP contribution in [0.15, 0.2) is 18.2 Å². The Balaban J connectivity index is 2.65. The second-order valence-electron chi connectivity index (χ2n) is 3.54. The summed E-state index contributed by atoms with van der Waals surface area (Å²) in [5.41, 5.74) is 6.19. The SMILES string of the molecule is CCC(N)CC(=O)Nc1cc(Cl)ccc1Cl. The van der Waals surface area contributed by atoms with E-state index >= 15 is 0 Å². The fraction of sp³-hybridized carbons (Fsp3) is 0.364. The molecule has 0 heterocycles. The number of rotatable bonds is 4. The van der Waals surface area contributed by atoms with Crippen LogP contribution >= 0.6 is 23.2 Å². The van der Waals surface area contributed by atoms with Crippen molar-refractivity contribution in [3.8, 4) is 0 Å². The molecule has 3 N–H and O–H groups in total. The molecular formula is C11H14Cl2N2O. The number of hydrogen-bond donors (Lipinski definition) is 2. The molecule has 0 aliphatic heterocycles. The molecule has 0 bridgehead atoms. The molecule has 5 heteroatoms. The second kappa shape index (κ2) is 6.09. The molecule has 1 atom stereocenters. The normalized spacial score (nSPS) is 12.2. The Morgan fingerprint density at radius 1 is 1.50 bits per heavy atom. The van der Waals surface area contributed by atoms with E-state index in [1.807, 2.05) is 6.92 Å². The van der Waals surface area contributed by atoms with Gasteiger partial charge in [0.2, 0.25) is 5.91 Å². The van der Waals surface area contributed by atoms with Crippen molar-refractivity contribution in [2.24, 2.45) is 5.73 Å². The standard InChI is InChI=1S/C11H14Cl2N2O/c1-2-8(14)6-11(16)15-10-5-7(12)3-4-9(10)13/h3-5,8H,2,6,14H2,1H3,(H,15,16). The van der Waals surface area contributed by atoms with Crippen LogP contribution in [-0.4, -0.2) is 11.9 Å². The molecule has 0 aliphatic carbocycles. The van der Waals surface area contributed by atoms with E-state index in [1.54, 1.807) is 18.2 Å². The van der Waals surface area contributed by atoms with Crippen LogP contribution in [0.2, 0.25) is 10.0 Å². The lowest BCUT2D eigenvalue weighted by Crippen LogP contribution is -2.26. The second-order valence-corrected chi connectivity index (χ2v) is 4.39. The number of nitrogens with one attached hydrogen (secondary N) is 1. The predicted octanol–water partition coefficient (Wildman–Crippen LogP) is 3.06. The van der Waals surface area contributed by atoms with Crippen molar-refractivity contribution in [3.63, 3.8) is 0 Å². The van der Waals surface area contributed by atoms with Gasteiger partial charge in [0.25, 0.3) is 0 Å². The molecule has 0 fully saturated rings. The molecule has 0 aliphatic rings. The van der Waals surface area contributed by atoms with E-state index in [1.165, 1.54) is 0 Å². The zero-order valence-corrected chi connectivity index (χ0v) is 10.5. The molecular weight excluding hydrogens is 247 g/mol. The molecule has 1 amide bonds. The third-order valence-corrected chi connectivity index (χ3v) is 2.74. The zero-order chi connectivity index (χ0) is 12.1. The zero-order valence-electron chi connectivity index (χ0n) is 8.97. The molecule has 88 valence electrons. The van der Waals surface area contributed by atoms with Gasteiger partial charge in [-0.25, -0.2) is 0 Å². The maximum absolute atomic E-state index is 11.6. The highest BCUT2D eigenvalue weighted by molar-refractivity contribution is 6.35. The Morgan fingerprint density at radius 3 is 2.81 bits per heavy atom. The van der Waals surface area contributed by atoms with Crippen LogP contribution in [0.4, 0.5) is 5.69 Å². The van der Waals surface area contributed by atoms with Crippen LogP contribution in [0.3, 0.4) is 0 Å². The molecule has 0 aromatic heterocycles. The number of benzene rings is 1. The van der Waals surface area contributed by atoms with Crippen molar-refractivity contribution < 1.29 is 4.79 Å². The largest absolute Gasteiger partial charge is 0.327 e. The number of amides is 1. The summed E-state index contributed by atoms with van der Waals surface area (Å²) < 4.78 is 0. The van der Waals surface area contributed by atoms with E-state index in [0.29, 0.717) is 15.7 Å². The number of hydrogen-bond acceptors (Lipinski definition) is 2. The average molecular weight is 261 g/mol. The first-order valence-corrected chi connectivity index (χ1v) is 5.79. The predicted molar refractivity (Wildman–Crippen MR) is 68.0 cm³/mol. The lowest BCUT2D eigenvalue weighted by atomic mass is 10.1. The van der Waals surface area contributed by atoms with E-state index in [2.05, 4.69) is 5.32 Å². The Kier molecular flexibility index (Phi) is 5.06. The number of nitrogens with two attached hydrogens (primary N) is 1. The maximum atomic E-state index is 11.6. The molecule has 0 spiro atoms. The van der Waals surface area contributed by atoms with Crippen molar-refractivity contribution >= 4 is 34.8 Å². The maximum Gasteiger partial charge on any atom is 0.225 e. The van der Waals surface area contributed by atoms with Gasteiger partial charge in [-0.05, 0) is 24.6 Å². The summed E-state index contributed by atoms with van der Waals surface area (Å²) in [5.74, 6) is -0.154. The van der Waals surface area contributed by atoms with Crippen LogP contribution in [-0.2, 0) is 4.79 Å². The number of anilines is 1. The molecule has 0 radical (unpaired) electrons. The van der Waals surface area contributed by atoms with E-state index < -0.39 is 0 Å². The van der Waals surface area contributed by atoms with Crippen molar-refractivity contribution in [2.45, 2.75) is 25.8 Å². The Morgan fingerprint density at radius 2 is 2.19 bits per heavy atom. The highest BCUT2D eigenvalue weighted by Gasteiger charge is 2.09. The smallest absolute Gasteiger partial charge is 0.225 e. The summed E-state index contributed by atoms with van der Waals surface area (Å²) in [7, 11) is 0. The molecule has 1 aromatic rings. The number of carbonyl (C=O) groups is 1. The Labute approximate surface area is 105 Å².